The van der Waals surface area contributed by atoms with Crippen LogP contribution in [0, 0.1) is 28.1 Å². The summed E-state index contributed by atoms with van der Waals surface area (Å²) in [4.78, 5) is 12.1. The van der Waals surface area contributed by atoms with E-state index < -0.39 is 17.0 Å². The van der Waals surface area contributed by atoms with Gasteiger partial charge < -0.3 is 14.9 Å². The first kappa shape index (κ1) is 15.6. The molecule has 134 valence electrons. The predicted molar refractivity (Wildman–Crippen MR) is 88.4 cm³/mol. The lowest BCUT2D eigenvalue weighted by Gasteiger charge is -2.63. The van der Waals surface area contributed by atoms with Gasteiger partial charge in [-0.25, -0.2) is 0 Å². The van der Waals surface area contributed by atoms with Crippen molar-refractivity contribution in [2.75, 3.05) is 6.61 Å². The number of carbonyl (C=O) groups is 1. The Labute approximate surface area is 144 Å². The summed E-state index contributed by atoms with van der Waals surface area (Å²) in [7, 11) is 0. The van der Waals surface area contributed by atoms with Crippen LogP contribution in [0.25, 0.3) is 0 Å². The van der Waals surface area contributed by atoms with Crippen molar-refractivity contribution < 1.29 is 19.7 Å². The van der Waals surface area contributed by atoms with E-state index in [1.807, 2.05) is 6.92 Å². The number of hydrogen-bond acceptors (Lipinski definition) is 3. The summed E-state index contributed by atoms with van der Waals surface area (Å²) in [5.74, 6) is 0.219. The van der Waals surface area contributed by atoms with Gasteiger partial charge in [0, 0.05) is 0 Å². The van der Waals surface area contributed by atoms with Gasteiger partial charge in [0.25, 0.3) is 0 Å². The Hall–Kier alpha value is -0.610. The first-order chi connectivity index (χ1) is 11.2. The smallest absolute Gasteiger partial charge is 0.309 e. The van der Waals surface area contributed by atoms with Crippen molar-refractivity contribution in [3.05, 3.63) is 0 Å². The molecule has 0 aromatic heterocycles. The molecular weight excluding hydrogens is 304 g/mol. The molecule has 4 saturated carbocycles. The van der Waals surface area contributed by atoms with E-state index in [0.29, 0.717) is 5.92 Å². The number of ether oxygens (including phenoxy) is 1. The van der Waals surface area contributed by atoms with Crippen LogP contribution in [0.15, 0.2) is 0 Å². The fourth-order valence-corrected chi connectivity index (χ4v) is 8.30. The van der Waals surface area contributed by atoms with Crippen LogP contribution in [0.3, 0.4) is 0 Å². The zero-order chi connectivity index (χ0) is 17.0. The predicted octanol–water partition coefficient (Wildman–Crippen LogP) is 3.37. The zero-order valence-electron chi connectivity index (χ0n) is 14.9. The van der Waals surface area contributed by atoms with Crippen LogP contribution in [0.1, 0.15) is 71.6 Å². The second-order valence-corrected chi connectivity index (χ2v) is 10.3. The third-order valence-corrected chi connectivity index (χ3v) is 9.40. The van der Waals surface area contributed by atoms with Gasteiger partial charge in [-0.05, 0) is 81.0 Å². The molecule has 0 radical (unpaired) electrons. The quantitative estimate of drug-likeness (QED) is 0.721. The molecule has 1 saturated heterocycles. The van der Waals surface area contributed by atoms with E-state index in [9.17, 15) is 15.0 Å². The van der Waals surface area contributed by atoms with Crippen LogP contribution in [0.4, 0.5) is 0 Å². The third kappa shape index (κ3) is 1.56. The second-order valence-electron chi connectivity index (χ2n) is 10.3. The largest absolute Gasteiger partial charge is 0.481 e. The first-order valence-corrected chi connectivity index (χ1v) is 9.80. The Bertz CT molecular complexity index is 609. The number of fused-ring (bicyclic) bond motifs is 4. The number of hydrogen-bond donors (Lipinski definition) is 2. The molecule has 2 spiro atoms. The average molecular weight is 334 g/mol. The van der Waals surface area contributed by atoms with Crippen LogP contribution < -0.4 is 0 Å². The Morgan fingerprint density at radius 3 is 2.42 bits per heavy atom. The lowest BCUT2D eigenvalue weighted by Crippen LogP contribution is -2.59. The highest BCUT2D eigenvalue weighted by Crippen LogP contribution is 2.75. The average Bonchev–Trinajstić information content (AvgIpc) is 3.24. The van der Waals surface area contributed by atoms with E-state index >= 15 is 0 Å². The Kier molecular flexibility index (Phi) is 2.73. The second kappa shape index (κ2) is 4.20. The molecule has 0 aromatic rings. The third-order valence-electron chi connectivity index (χ3n) is 9.40. The topological polar surface area (TPSA) is 70.1 Å². The molecule has 0 amide bonds. The Balaban J connectivity index is 1.56. The molecule has 4 nitrogen and oxygen atoms in total. The monoisotopic (exact) mass is 334 g/mol. The minimum atomic E-state index is -0.614. The SMILES string of the molecule is C[C@@]12CCC[C@@](C)(C(=O)O)[C@H]1CC[C@@]13C[C@@](O)(CC[C@H]12)[C@@]1(CO1)C3. The minimum Gasteiger partial charge on any atom is -0.481 e. The molecule has 4 heteroatoms. The fourth-order valence-electron chi connectivity index (χ4n) is 8.30. The highest BCUT2D eigenvalue weighted by atomic mass is 16.6. The zero-order valence-corrected chi connectivity index (χ0v) is 14.9. The van der Waals surface area contributed by atoms with Crippen molar-refractivity contribution in [3.8, 4) is 0 Å². The van der Waals surface area contributed by atoms with E-state index in [-0.39, 0.29) is 22.3 Å². The maximum absolute atomic E-state index is 12.1. The molecule has 1 heterocycles. The van der Waals surface area contributed by atoms with Gasteiger partial charge in [0.15, 0.2) is 0 Å². The lowest BCUT2D eigenvalue weighted by molar-refractivity contribution is -0.186. The van der Waals surface area contributed by atoms with Crippen molar-refractivity contribution in [3.63, 3.8) is 0 Å². The van der Waals surface area contributed by atoms with E-state index in [1.54, 1.807) is 0 Å². The molecule has 5 fully saturated rings. The number of carboxylic acids is 1. The minimum absolute atomic E-state index is 0.103. The molecule has 5 aliphatic rings. The first-order valence-electron chi connectivity index (χ1n) is 9.80. The van der Waals surface area contributed by atoms with Gasteiger partial charge in [0.05, 0.1) is 17.6 Å². The van der Waals surface area contributed by atoms with E-state index in [2.05, 4.69) is 6.92 Å². The van der Waals surface area contributed by atoms with Gasteiger partial charge >= 0.3 is 5.97 Å². The van der Waals surface area contributed by atoms with Crippen molar-refractivity contribution in [1.82, 2.24) is 0 Å². The number of rotatable bonds is 1. The summed E-state index contributed by atoms with van der Waals surface area (Å²) in [5.41, 5.74) is -1.15. The summed E-state index contributed by atoms with van der Waals surface area (Å²) in [6.07, 6.45) is 8.85. The van der Waals surface area contributed by atoms with Crippen molar-refractivity contribution in [2.45, 2.75) is 82.8 Å². The van der Waals surface area contributed by atoms with Gasteiger partial charge in [-0.15, -0.1) is 0 Å². The number of carboxylic acid groups (broad SMARTS) is 1. The van der Waals surface area contributed by atoms with Gasteiger partial charge in [-0.2, -0.15) is 0 Å². The summed E-state index contributed by atoms with van der Waals surface area (Å²) in [6, 6.07) is 0. The normalized spacial score (nSPS) is 61.3. The number of aliphatic carboxylic acids is 1. The molecule has 24 heavy (non-hydrogen) atoms. The molecule has 0 aromatic carbocycles. The standard InChI is InChI=1S/C20H30O4/c1-16-6-3-7-17(2,15(21)22)13(16)4-8-18-10-19(23,9-5-14(16)18)20(11-18)12-24-20/h13-14,23H,3-12H2,1-2H3,(H,21,22)/t13-,14-,16+,17+,18-,19-,20-/m0/s1. The van der Waals surface area contributed by atoms with Crippen LogP contribution in [-0.4, -0.2) is 34.0 Å². The maximum atomic E-state index is 12.1. The molecule has 5 rings (SSSR count). The summed E-state index contributed by atoms with van der Waals surface area (Å²) in [5, 5.41) is 21.1. The van der Waals surface area contributed by atoms with E-state index in [1.165, 1.54) is 0 Å². The summed E-state index contributed by atoms with van der Waals surface area (Å²) >= 11 is 0. The van der Waals surface area contributed by atoms with Crippen molar-refractivity contribution in [1.29, 1.82) is 0 Å². The number of aliphatic hydroxyl groups is 1. The molecular formula is C20H30O4. The van der Waals surface area contributed by atoms with Gasteiger partial charge in [-0.3, -0.25) is 4.79 Å². The van der Waals surface area contributed by atoms with Gasteiger partial charge in [0.2, 0.25) is 0 Å². The molecule has 4 aliphatic carbocycles. The Morgan fingerprint density at radius 1 is 1.04 bits per heavy atom. The van der Waals surface area contributed by atoms with Crippen LogP contribution in [0.5, 0.6) is 0 Å². The number of epoxide rings is 1. The molecule has 7 atom stereocenters. The molecule has 2 N–H and O–H groups in total. The van der Waals surface area contributed by atoms with Crippen LogP contribution in [-0.2, 0) is 9.53 Å². The summed E-state index contributed by atoms with van der Waals surface area (Å²) < 4.78 is 5.82. The summed E-state index contributed by atoms with van der Waals surface area (Å²) in [6.45, 7) is 5.10. The van der Waals surface area contributed by atoms with E-state index in [0.717, 1.165) is 64.4 Å². The molecule has 0 unspecified atom stereocenters. The van der Waals surface area contributed by atoms with Crippen LogP contribution in [0.2, 0.25) is 0 Å². The molecule has 1 aliphatic heterocycles. The van der Waals surface area contributed by atoms with Crippen molar-refractivity contribution in [2.24, 2.45) is 28.1 Å². The van der Waals surface area contributed by atoms with Crippen molar-refractivity contribution >= 4 is 5.97 Å². The highest BCUT2D eigenvalue weighted by Gasteiger charge is 2.76. The highest BCUT2D eigenvalue weighted by molar-refractivity contribution is 5.75. The van der Waals surface area contributed by atoms with Gasteiger partial charge in [-0.1, -0.05) is 13.3 Å². The molecule has 2 bridgehead atoms. The van der Waals surface area contributed by atoms with Crippen LogP contribution >= 0.6 is 0 Å². The maximum Gasteiger partial charge on any atom is 0.309 e. The fraction of sp³-hybridized carbons (Fsp3) is 0.950. The van der Waals surface area contributed by atoms with Gasteiger partial charge in [0.1, 0.15) is 5.60 Å². The Morgan fingerprint density at radius 2 is 1.75 bits per heavy atom. The van der Waals surface area contributed by atoms with E-state index in [4.69, 9.17) is 4.74 Å². The lowest BCUT2D eigenvalue weighted by atomic mass is 9.41.